The Morgan fingerprint density at radius 2 is 0.276 bits per heavy atom. The van der Waals surface area contributed by atoms with Crippen molar-refractivity contribution in [3.8, 4) is 0 Å². The Hall–Kier alpha value is -6.54. The van der Waals surface area contributed by atoms with Gasteiger partial charge in [0.15, 0.2) is 0 Å². The summed E-state index contributed by atoms with van der Waals surface area (Å²) in [5.74, 6) is 0. The number of fused-ring (bicyclic) bond motifs is 6. The zero-order valence-corrected chi connectivity index (χ0v) is 62.9. The van der Waals surface area contributed by atoms with Gasteiger partial charge in [-0.05, 0) is 134 Å². The molecule has 0 radical (unpaired) electrons. The van der Waals surface area contributed by atoms with E-state index in [0.29, 0.717) is 0 Å². The third-order valence-electron chi connectivity index (χ3n) is 20.8. The molecule has 0 aliphatic rings. The number of aryl methyl sites for hydroxylation is 4. The molecule has 522 valence electrons. The van der Waals surface area contributed by atoms with Crippen molar-refractivity contribution >= 4 is 64.6 Å². The van der Waals surface area contributed by atoms with Crippen LogP contribution in [0.15, 0.2) is 84.9 Å². The fourth-order valence-electron chi connectivity index (χ4n) is 14.3. The first-order chi connectivity index (χ1) is 48.5. The largest absolute Gasteiger partial charge is 0.0654 e. The summed E-state index contributed by atoms with van der Waals surface area (Å²) in [4.78, 5) is 0. The molecule has 0 heterocycles. The number of unbranched alkanes of at least 4 members (excludes halogenated alkanes) is 44. The van der Waals surface area contributed by atoms with Gasteiger partial charge in [0.1, 0.15) is 0 Å². The quantitative estimate of drug-likeness (QED) is 0.0333. The van der Waals surface area contributed by atoms with Gasteiger partial charge in [0.2, 0.25) is 0 Å². The summed E-state index contributed by atoms with van der Waals surface area (Å²) >= 11 is 0. The highest BCUT2D eigenvalue weighted by molar-refractivity contribution is 5.96. The topological polar surface area (TPSA) is 0 Å². The second kappa shape index (κ2) is 50.7. The lowest BCUT2D eigenvalue weighted by molar-refractivity contribution is 0.544. The molecule has 0 nitrogen and oxygen atoms in total. The van der Waals surface area contributed by atoms with E-state index >= 15 is 0 Å². The van der Waals surface area contributed by atoms with Crippen molar-refractivity contribution in [2.45, 2.75) is 362 Å². The maximum Gasteiger partial charge on any atom is 0.0419 e. The van der Waals surface area contributed by atoms with Gasteiger partial charge in [-0.25, -0.2) is 0 Å². The van der Waals surface area contributed by atoms with Crippen molar-refractivity contribution in [2.24, 2.45) is 0 Å². The maximum absolute atomic E-state index is 3.69. The van der Waals surface area contributed by atoms with Crippen molar-refractivity contribution in [2.75, 3.05) is 0 Å². The van der Waals surface area contributed by atoms with Crippen LogP contribution in [-0.4, -0.2) is 0 Å². The summed E-state index contributed by atoms with van der Waals surface area (Å²) < 4.78 is 0. The highest BCUT2D eigenvalue weighted by Crippen LogP contribution is 2.24. The Bertz CT molecular complexity index is 3010. The summed E-state index contributed by atoms with van der Waals surface area (Å²) in [6, 6.07) is 75.7. The molecule has 0 heteroatoms. The Labute approximate surface area is 602 Å². The molecular formula is C98H130. The zero-order chi connectivity index (χ0) is 68.4. The average Bonchev–Trinajstić information content (AvgIpc) is 0.829. The molecule has 0 unspecified atom stereocenters. The fraction of sp³-hybridized carbons (Fsp3) is 0.571. The minimum atomic E-state index is 0.852. The van der Waals surface area contributed by atoms with E-state index in [9.17, 15) is 0 Å². The molecule has 0 N–H and O–H groups in total. The van der Waals surface area contributed by atoms with Crippen molar-refractivity contribution in [3.63, 3.8) is 0 Å². The molecule has 0 amide bonds. The summed E-state index contributed by atoms with van der Waals surface area (Å²) in [6.07, 6.45) is 69.2. The summed E-state index contributed by atoms with van der Waals surface area (Å²) in [6.45, 7) is 9.22. The Kier molecular flexibility index (Phi) is 40.8. The van der Waals surface area contributed by atoms with Crippen LogP contribution in [-0.2, 0) is 25.7 Å². The predicted octanol–water partition coefficient (Wildman–Crippen LogP) is 30.6. The van der Waals surface area contributed by atoms with E-state index in [-0.39, 0.29) is 0 Å². The first-order valence-corrected chi connectivity index (χ1v) is 41.3. The Morgan fingerprint density at radius 1 is 0.143 bits per heavy atom. The van der Waals surface area contributed by atoms with Crippen molar-refractivity contribution in [1.82, 2.24) is 0 Å². The molecule has 0 bridgehead atoms. The minimum absolute atomic E-state index is 0.852. The van der Waals surface area contributed by atoms with Gasteiger partial charge >= 0.3 is 0 Å². The van der Waals surface area contributed by atoms with E-state index in [0.717, 1.165) is 90.3 Å². The van der Waals surface area contributed by atoms with Crippen LogP contribution in [0.5, 0.6) is 0 Å². The molecule has 0 aliphatic carbocycles. The molecule has 0 aliphatic heterocycles. The van der Waals surface area contributed by atoms with E-state index in [1.54, 1.807) is 0 Å². The Balaban J connectivity index is 1.19. The van der Waals surface area contributed by atoms with Gasteiger partial charge < -0.3 is 0 Å². The lowest BCUT2D eigenvalue weighted by atomic mass is 10.0. The van der Waals surface area contributed by atoms with Crippen molar-refractivity contribution < 1.29 is 0 Å². The Morgan fingerprint density at radius 3 is 0.439 bits per heavy atom. The van der Waals surface area contributed by atoms with Crippen LogP contribution >= 0.6 is 0 Å². The smallest absolute Gasteiger partial charge is 0.0419 e. The van der Waals surface area contributed by atoms with Gasteiger partial charge in [-0.3, -0.25) is 0 Å². The van der Waals surface area contributed by atoms with Gasteiger partial charge in [-0.1, -0.05) is 407 Å². The van der Waals surface area contributed by atoms with Crippen LogP contribution in [0.4, 0.5) is 0 Å². The van der Waals surface area contributed by atoms with Crippen molar-refractivity contribution in [1.29, 1.82) is 0 Å². The van der Waals surface area contributed by atoms with Gasteiger partial charge in [-0.2, -0.15) is 0 Å². The van der Waals surface area contributed by atoms with Gasteiger partial charge in [0.25, 0.3) is 0 Å². The molecule has 0 saturated carbocycles. The first-order valence-electron chi connectivity index (χ1n) is 41.3. The molecule has 0 fully saturated rings. The van der Waals surface area contributed by atoms with Gasteiger partial charge in [-0.15, -0.1) is 0 Å². The zero-order valence-electron chi connectivity index (χ0n) is 62.9. The monoisotopic (exact) mass is 1310 g/mol. The molecule has 0 saturated heterocycles. The minimum Gasteiger partial charge on any atom is -0.0654 e. The summed E-state index contributed by atoms with van der Waals surface area (Å²) in [5.41, 5.74) is 5.36. The van der Waals surface area contributed by atoms with E-state index in [2.05, 4.69) is 185 Å². The number of rotatable bonds is 52. The third-order valence-corrected chi connectivity index (χ3v) is 20.8. The predicted molar refractivity (Wildman–Crippen MR) is 430 cm³/mol. The van der Waals surface area contributed by atoms with E-state index in [1.807, 2.05) is 0 Å². The molecule has 0 atom stereocenters. The van der Waals surface area contributed by atoms with Crippen LogP contribution in [0.25, 0.3) is 64.6 Å². The molecule has 0 aromatic heterocycles. The highest BCUT2D eigenvalue weighted by Gasteiger charge is 2.05. The molecular weight excluding hydrogens is 1180 g/mol. The normalized spacial score (nSPS) is 11.1. The first kappa shape index (κ1) is 78.8. The van der Waals surface area contributed by atoms with Crippen LogP contribution < -0.4 is 0 Å². The van der Waals surface area contributed by atoms with E-state index < -0.39 is 0 Å². The molecule has 7 aromatic rings. The number of hydrogen-bond acceptors (Lipinski definition) is 0. The van der Waals surface area contributed by atoms with E-state index in [4.69, 9.17) is 0 Å². The van der Waals surface area contributed by atoms with Crippen LogP contribution in [0.3, 0.4) is 0 Å². The summed E-state index contributed by atoms with van der Waals surface area (Å²) in [5, 5.41) is 11.2. The molecule has 7 rings (SSSR count). The van der Waals surface area contributed by atoms with Gasteiger partial charge in [0.05, 0.1) is 0 Å². The molecule has 7 aromatic carbocycles. The third kappa shape index (κ3) is 32.2. The number of benzene rings is 5. The second-order valence-electron chi connectivity index (χ2n) is 29.5. The molecule has 98 heavy (non-hydrogen) atoms. The fourth-order valence-corrected chi connectivity index (χ4v) is 14.3. The maximum atomic E-state index is 3.69. The lowest BCUT2D eigenvalue weighted by Gasteiger charge is -2.04. The van der Waals surface area contributed by atoms with Crippen LogP contribution in [0.2, 0.25) is 0 Å². The van der Waals surface area contributed by atoms with Crippen molar-refractivity contribution in [3.05, 3.63) is 180 Å². The summed E-state index contributed by atoms with van der Waals surface area (Å²) in [7, 11) is 0. The highest BCUT2D eigenvalue weighted by atomic mass is 14.1. The lowest BCUT2D eigenvalue weighted by Crippen LogP contribution is -1.87. The SMILES string of the molecule is CCCCCCCCCCCCCCc1ccc2c#cc3cc4c#cc5ccc(CCCCCCCCCCCCCC)cc5c#cc5cc(CCCCCCCCCCCCCC)ccc5c#cc4cc3c#cc3ccc(CCCCCCCCCCCCCC)cc3c#cc2c1. The average molecular weight is 1310 g/mol. The second-order valence-corrected chi connectivity index (χ2v) is 29.5. The van der Waals surface area contributed by atoms with Crippen LogP contribution in [0.1, 0.15) is 358 Å². The number of hydrogen-bond donors (Lipinski definition) is 0. The van der Waals surface area contributed by atoms with Crippen LogP contribution in [0, 0.1) is 72.8 Å². The molecule has 0 spiro atoms. The van der Waals surface area contributed by atoms with Gasteiger partial charge in [0, 0.05) is 64.6 Å². The standard InChI is InChI=1S/C98H130/c1-5-9-13-17-21-25-29-33-37-41-45-49-53-83-57-61-87-65-69-95-81-97-71-67-89-63-59-85(55-51-47-43-39-35-31-27-23-19-15-11-7-3)79-93(89)75-76-94-80-86(56-52-48-44-40-36-32-28-24-20-16-12-8-4)60-64-90(94)68-72-98(97)82-96(95)70-66-88-62-58-84(78-92(88)74-73-91(87)77-83)54-50-46-42-38-34-30-26-22-18-14-10-6-2/h57-64,77-82H,5-56H2,1-4H3. The van der Waals surface area contributed by atoms with E-state index in [1.165, 1.54) is 330 Å².